The van der Waals surface area contributed by atoms with E-state index in [1.165, 1.54) is 6.92 Å². The maximum Gasteiger partial charge on any atom is 0.245 e. The van der Waals surface area contributed by atoms with Crippen LogP contribution in [0.15, 0.2) is 54.0 Å². The fourth-order valence-electron chi connectivity index (χ4n) is 3.85. The van der Waals surface area contributed by atoms with Crippen LogP contribution < -0.4 is 0 Å². The van der Waals surface area contributed by atoms with E-state index in [0.29, 0.717) is 13.1 Å². The first-order valence-electron chi connectivity index (χ1n) is 9.74. The molecule has 0 saturated carbocycles. The summed E-state index contributed by atoms with van der Waals surface area (Å²) in [5.41, 5.74) is 2.85. The summed E-state index contributed by atoms with van der Waals surface area (Å²) in [4.78, 5) is 29.4. The zero-order chi connectivity index (χ0) is 20.4. The second kappa shape index (κ2) is 8.21. The summed E-state index contributed by atoms with van der Waals surface area (Å²) in [7, 11) is 1.80. The maximum atomic E-state index is 13.0. The molecule has 0 spiro atoms. The number of thiophene rings is 1. The topological polar surface area (TPSA) is 58.4 Å². The zero-order valence-electron chi connectivity index (χ0n) is 16.6. The van der Waals surface area contributed by atoms with Crippen LogP contribution in [0.4, 0.5) is 0 Å². The fourth-order valence-corrected chi connectivity index (χ4v) is 4.59. The van der Waals surface area contributed by atoms with Gasteiger partial charge < -0.3 is 9.80 Å². The van der Waals surface area contributed by atoms with E-state index in [2.05, 4.69) is 0 Å². The molecule has 0 bridgehead atoms. The number of benzene rings is 1. The number of rotatable bonds is 5. The number of carbonyl (C=O) groups is 2. The Bertz CT molecular complexity index is 997. The molecule has 1 aromatic carbocycles. The van der Waals surface area contributed by atoms with Crippen molar-refractivity contribution in [2.24, 2.45) is 0 Å². The first kappa shape index (κ1) is 19.4. The second-order valence-electron chi connectivity index (χ2n) is 7.33. The second-order valence-corrected chi connectivity index (χ2v) is 8.27. The number of amides is 2. The molecule has 3 aromatic rings. The van der Waals surface area contributed by atoms with E-state index in [-0.39, 0.29) is 17.9 Å². The third-order valence-corrected chi connectivity index (χ3v) is 6.17. The molecule has 0 N–H and O–H groups in total. The Kier molecular flexibility index (Phi) is 5.49. The molecule has 0 radical (unpaired) electrons. The van der Waals surface area contributed by atoms with Gasteiger partial charge in [0.25, 0.3) is 0 Å². The third-order valence-electron chi connectivity index (χ3n) is 5.29. The third kappa shape index (κ3) is 3.96. The number of likely N-dealkylation sites (N-methyl/N-ethyl adjacent to an activating group) is 1. The van der Waals surface area contributed by atoms with E-state index in [9.17, 15) is 9.59 Å². The number of hydrogen-bond acceptors (Lipinski definition) is 4. The lowest BCUT2D eigenvalue weighted by atomic mass is 10.1. The van der Waals surface area contributed by atoms with Gasteiger partial charge in [-0.2, -0.15) is 5.10 Å². The normalized spacial score (nSPS) is 16.2. The van der Waals surface area contributed by atoms with Crippen molar-refractivity contribution in [1.82, 2.24) is 19.6 Å². The lowest BCUT2D eigenvalue weighted by Crippen LogP contribution is -2.45. The molecule has 3 heterocycles. The Morgan fingerprint density at radius 2 is 2.00 bits per heavy atom. The molecule has 29 heavy (non-hydrogen) atoms. The highest BCUT2D eigenvalue weighted by Gasteiger charge is 2.34. The van der Waals surface area contributed by atoms with Crippen LogP contribution in [0.25, 0.3) is 16.3 Å². The molecule has 1 saturated heterocycles. The number of nitrogens with zero attached hydrogens (tertiary/aromatic N) is 4. The standard InChI is InChI=1S/C22H24N4O2S/c1-16(27)25-12-6-10-19(25)22(28)24(2)14-17-15-26(18-8-4-3-5-9-18)23-21(17)20-11-7-13-29-20/h3-5,7-9,11,13,15,19H,6,10,12,14H2,1-2H3. The van der Waals surface area contributed by atoms with Gasteiger partial charge in [-0.15, -0.1) is 11.3 Å². The predicted octanol–water partition coefficient (Wildman–Crippen LogP) is 3.57. The Morgan fingerprint density at radius 1 is 1.21 bits per heavy atom. The molecule has 4 rings (SSSR count). The Labute approximate surface area is 174 Å². The average Bonchev–Trinajstić information content (AvgIpc) is 3.47. The first-order valence-corrected chi connectivity index (χ1v) is 10.6. The van der Waals surface area contributed by atoms with Gasteiger partial charge >= 0.3 is 0 Å². The number of aromatic nitrogens is 2. The summed E-state index contributed by atoms with van der Waals surface area (Å²) < 4.78 is 1.86. The van der Waals surface area contributed by atoms with Crippen molar-refractivity contribution in [3.8, 4) is 16.3 Å². The number of carbonyl (C=O) groups excluding carboxylic acids is 2. The monoisotopic (exact) mass is 408 g/mol. The van der Waals surface area contributed by atoms with E-state index in [4.69, 9.17) is 5.10 Å². The number of likely N-dealkylation sites (tertiary alicyclic amines) is 1. The Morgan fingerprint density at radius 3 is 2.69 bits per heavy atom. The van der Waals surface area contributed by atoms with E-state index in [0.717, 1.165) is 34.7 Å². The SMILES string of the molecule is CC(=O)N1CCCC1C(=O)N(C)Cc1cn(-c2ccccc2)nc1-c1cccs1. The largest absolute Gasteiger partial charge is 0.339 e. The molecule has 1 aliphatic heterocycles. The molecule has 6 nitrogen and oxygen atoms in total. The first-order chi connectivity index (χ1) is 14.0. The maximum absolute atomic E-state index is 13.0. The van der Waals surface area contributed by atoms with E-state index < -0.39 is 0 Å². The van der Waals surface area contributed by atoms with Crippen LogP contribution in [0, 0.1) is 0 Å². The Hall–Kier alpha value is -2.93. The van der Waals surface area contributed by atoms with Crippen LogP contribution in [0.3, 0.4) is 0 Å². The van der Waals surface area contributed by atoms with Crippen LogP contribution in [-0.2, 0) is 16.1 Å². The van der Waals surface area contributed by atoms with Crippen molar-refractivity contribution in [3.05, 3.63) is 59.6 Å². The molecule has 1 atom stereocenters. The number of hydrogen-bond donors (Lipinski definition) is 0. The lowest BCUT2D eigenvalue weighted by Gasteiger charge is -2.27. The summed E-state index contributed by atoms with van der Waals surface area (Å²) in [5, 5.41) is 6.83. The summed E-state index contributed by atoms with van der Waals surface area (Å²) in [6, 6.07) is 13.6. The summed E-state index contributed by atoms with van der Waals surface area (Å²) in [6.45, 7) is 2.64. The molecule has 7 heteroatoms. The van der Waals surface area contributed by atoms with Crippen LogP contribution in [0.2, 0.25) is 0 Å². The van der Waals surface area contributed by atoms with Crippen LogP contribution in [0.1, 0.15) is 25.3 Å². The minimum atomic E-state index is -0.355. The Balaban J connectivity index is 1.61. The van der Waals surface area contributed by atoms with Crippen molar-refractivity contribution in [2.45, 2.75) is 32.4 Å². The van der Waals surface area contributed by atoms with Crippen molar-refractivity contribution in [2.75, 3.05) is 13.6 Å². The van der Waals surface area contributed by atoms with Gasteiger partial charge in [0.1, 0.15) is 11.7 Å². The predicted molar refractivity (Wildman–Crippen MR) is 114 cm³/mol. The van der Waals surface area contributed by atoms with Crippen LogP contribution in [0.5, 0.6) is 0 Å². The highest BCUT2D eigenvalue weighted by molar-refractivity contribution is 7.13. The fraction of sp³-hybridized carbons (Fsp3) is 0.318. The molecule has 1 aliphatic rings. The average molecular weight is 409 g/mol. The van der Waals surface area contributed by atoms with Crippen molar-refractivity contribution >= 4 is 23.2 Å². The highest BCUT2D eigenvalue weighted by atomic mass is 32.1. The van der Waals surface area contributed by atoms with Gasteiger partial charge in [0.05, 0.1) is 10.6 Å². The molecular formula is C22H24N4O2S. The van der Waals surface area contributed by atoms with Crippen molar-refractivity contribution in [3.63, 3.8) is 0 Å². The van der Waals surface area contributed by atoms with E-state index in [1.54, 1.807) is 28.2 Å². The van der Waals surface area contributed by atoms with Crippen LogP contribution in [-0.4, -0.2) is 51.0 Å². The number of para-hydroxylation sites is 1. The lowest BCUT2D eigenvalue weighted by molar-refractivity contribution is -0.142. The summed E-state index contributed by atoms with van der Waals surface area (Å²) in [6.07, 6.45) is 3.59. The van der Waals surface area contributed by atoms with Gasteiger partial charge in [-0.3, -0.25) is 9.59 Å². The van der Waals surface area contributed by atoms with Gasteiger partial charge in [-0.1, -0.05) is 24.3 Å². The molecule has 2 aromatic heterocycles. The zero-order valence-corrected chi connectivity index (χ0v) is 17.4. The van der Waals surface area contributed by atoms with Gasteiger partial charge in [0.15, 0.2) is 0 Å². The molecule has 150 valence electrons. The molecule has 1 fully saturated rings. The molecule has 2 amide bonds. The van der Waals surface area contributed by atoms with Crippen LogP contribution >= 0.6 is 11.3 Å². The van der Waals surface area contributed by atoms with Gasteiger partial charge in [-0.05, 0) is 36.4 Å². The quantitative estimate of drug-likeness (QED) is 0.648. The minimum Gasteiger partial charge on any atom is -0.339 e. The molecule has 1 unspecified atom stereocenters. The van der Waals surface area contributed by atoms with Gasteiger partial charge in [-0.25, -0.2) is 4.68 Å². The van der Waals surface area contributed by atoms with E-state index in [1.807, 2.05) is 58.7 Å². The van der Waals surface area contributed by atoms with Gasteiger partial charge in [0, 0.05) is 38.8 Å². The van der Waals surface area contributed by atoms with Crippen molar-refractivity contribution in [1.29, 1.82) is 0 Å². The van der Waals surface area contributed by atoms with Crippen molar-refractivity contribution < 1.29 is 9.59 Å². The summed E-state index contributed by atoms with van der Waals surface area (Å²) in [5.74, 6) is -0.0484. The van der Waals surface area contributed by atoms with Gasteiger partial charge in [0.2, 0.25) is 11.8 Å². The highest BCUT2D eigenvalue weighted by Crippen LogP contribution is 2.29. The summed E-state index contributed by atoms with van der Waals surface area (Å²) >= 11 is 1.63. The molecular weight excluding hydrogens is 384 g/mol. The smallest absolute Gasteiger partial charge is 0.245 e. The van der Waals surface area contributed by atoms with E-state index >= 15 is 0 Å². The minimum absolute atomic E-state index is 0.0118. The molecule has 0 aliphatic carbocycles.